The number of rotatable bonds is 3. The van der Waals surface area contributed by atoms with E-state index in [4.69, 9.17) is 0 Å². The fraction of sp³-hybridized carbons (Fsp3) is 0.444. The Morgan fingerprint density at radius 2 is 2.18 bits per heavy atom. The van der Waals surface area contributed by atoms with E-state index >= 15 is 0 Å². The predicted octanol–water partition coefficient (Wildman–Crippen LogP) is 1.60. The molecule has 0 aliphatic carbocycles. The molecular formula is C9H15NO. The van der Waals surface area contributed by atoms with Crippen molar-refractivity contribution in [3.8, 4) is 0 Å². The van der Waals surface area contributed by atoms with E-state index in [-0.39, 0.29) is 5.91 Å². The molecule has 0 spiro atoms. The van der Waals surface area contributed by atoms with Crippen LogP contribution in [0.15, 0.2) is 24.3 Å². The summed E-state index contributed by atoms with van der Waals surface area (Å²) in [5.74, 6) is 0.0654. The molecule has 1 amide bonds. The van der Waals surface area contributed by atoms with Crippen LogP contribution in [0, 0.1) is 0 Å². The normalized spacial score (nSPS) is 10.1. The Hall–Kier alpha value is -1.05. The predicted molar refractivity (Wildman–Crippen MR) is 47.3 cm³/mol. The number of hydrogen-bond acceptors (Lipinski definition) is 1. The molecule has 0 aromatic rings. The summed E-state index contributed by atoms with van der Waals surface area (Å²) in [5, 5.41) is 0. The van der Waals surface area contributed by atoms with E-state index in [0.717, 1.165) is 5.57 Å². The molecule has 0 aromatic heterocycles. The highest BCUT2D eigenvalue weighted by Crippen LogP contribution is 1.96. The Kier molecular flexibility index (Phi) is 4.27. The topological polar surface area (TPSA) is 20.3 Å². The maximum absolute atomic E-state index is 10.7. The summed E-state index contributed by atoms with van der Waals surface area (Å²) in [4.78, 5) is 12.4. The van der Waals surface area contributed by atoms with Gasteiger partial charge in [-0.25, -0.2) is 0 Å². The molecule has 0 heterocycles. The van der Waals surface area contributed by atoms with Crippen molar-refractivity contribution in [2.45, 2.75) is 13.8 Å². The number of allylic oxidation sites excluding steroid dienone is 1. The Balaban J connectivity index is 3.85. The molecule has 11 heavy (non-hydrogen) atoms. The van der Waals surface area contributed by atoms with Crippen LogP contribution in [0.25, 0.3) is 0 Å². The van der Waals surface area contributed by atoms with E-state index in [1.165, 1.54) is 0 Å². The fourth-order valence-electron chi connectivity index (χ4n) is 0.704. The van der Waals surface area contributed by atoms with Gasteiger partial charge in [-0.15, -0.1) is 0 Å². The number of hydrogen-bond donors (Lipinski definition) is 0. The average molecular weight is 153 g/mol. The largest absolute Gasteiger partial charge is 0.342 e. The molecule has 0 saturated carbocycles. The molecule has 2 nitrogen and oxygen atoms in total. The second-order valence-corrected chi connectivity index (χ2v) is 2.53. The summed E-state index contributed by atoms with van der Waals surface area (Å²) in [6, 6.07) is 0. The lowest BCUT2D eigenvalue weighted by Gasteiger charge is -2.14. The quantitative estimate of drug-likeness (QED) is 0.564. The van der Waals surface area contributed by atoms with Gasteiger partial charge in [-0.3, -0.25) is 4.79 Å². The molecule has 0 rings (SSSR count). The average Bonchev–Trinajstić information content (AvgIpc) is 1.87. The van der Waals surface area contributed by atoms with E-state index in [9.17, 15) is 4.79 Å². The van der Waals surface area contributed by atoms with Crippen LogP contribution in [0.5, 0.6) is 0 Å². The molecule has 0 bridgehead atoms. The number of carbonyl (C=O) groups is 1. The molecule has 0 fully saturated rings. The lowest BCUT2D eigenvalue weighted by molar-refractivity contribution is -0.127. The first kappa shape index (κ1) is 9.95. The van der Waals surface area contributed by atoms with Crippen molar-refractivity contribution in [2.75, 3.05) is 13.6 Å². The Bertz CT molecular complexity index is 182. The van der Waals surface area contributed by atoms with Gasteiger partial charge >= 0.3 is 0 Å². The molecular weight excluding hydrogens is 138 g/mol. The summed E-state index contributed by atoms with van der Waals surface area (Å²) >= 11 is 0. The van der Waals surface area contributed by atoms with E-state index in [1.54, 1.807) is 18.9 Å². The first-order chi connectivity index (χ1) is 5.07. The molecule has 0 aliphatic rings. The summed E-state index contributed by atoms with van der Waals surface area (Å²) in [6.07, 6.45) is 3.82. The van der Waals surface area contributed by atoms with Gasteiger partial charge in [0.15, 0.2) is 0 Å². The lowest BCUT2D eigenvalue weighted by Crippen LogP contribution is -2.25. The monoisotopic (exact) mass is 153 g/mol. The maximum atomic E-state index is 10.7. The Labute approximate surface area is 68.2 Å². The van der Waals surface area contributed by atoms with Gasteiger partial charge in [0.1, 0.15) is 0 Å². The molecule has 0 N–H and O–H groups in total. The van der Waals surface area contributed by atoms with Gasteiger partial charge in [-0.1, -0.05) is 18.7 Å². The minimum Gasteiger partial charge on any atom is -0.342 e. The van der Waals surface area contributed by atoms with Crippen molar-refractivity contribution in [1.29, 1.82) is 0 Å². The fourth-order valence-corrected chi connectivity index (χ4v) is 0.704. The van der Waals surface area contributed by atoms with Crippen LogP contribution in [0.4, 0.5) is 0 Å². The van der Waals surface area contributed by atoms with Crippen molar-refractivity contribution in [3.63, 3.8) is 0 Å². The number of carbonyl (C=O) groups excluding carboxylic acids is 1. The summed E-state index contributed by atoms with van der Waals surface area (Å²) < 4.78 is 0. The molecule has 0 atom stereocenters. The van der Waals surface area contributed by atoms with Gasteiger partial charge in [0.05, 0.1) is 0 Å². The van der Waals surface area contributed by atoms with Crippen LogP contribution >= 0.6 is 0 Å². The second kappa shape index (κ2) is 4.72. The first-order valence-electron chi connectivity index (χ1n) is 3.60. The van der Waals surface area contributed by atoms with Crippen LogP contribution in [0.2, 0.25) is 0 Å². The van der Waals surface area contributed by atoms with Gasteiger partial charge in [-0.2, -0.15) is 0 Å². The molecule has 62 valence electrons. The number of nitrogens with zero attached hydrogens (tertiary/aromatic N) is 1. The van der Waals surface area contributed by atoms with Crippen molar-refractivity contribution in [2.24, 2.45) is 0 Å². The third-order valence-electron chi connectivity index (χ3n) is 1.38. The van der Waals surface area contributed by atoms with Crippen LogP contribution in [-0.4, -0.2) is 24.4 Å². The van der Waals surface area contributed by atoms with Crippen molar-refractivity contribution in [1.82, 2.24) is 4.90 Å². The highest BCUT2D eigenvalue weighted by molar-refractivity contribution is 5.73. The summed E-state index contributed by atoms with van der Waals surface area (Å²) in [5.41, 5.74) is 0.949. The van der Waals surface area contributed by atoms with Crippen LogP contribution in [0.3, 0.4) is 0 Å². The minimum atomic E-state index is 0.0654. The summed E-state index contributed by atoms with van der Waals surface area (Å²) in [7, 11) is 1.76. The van der Waals surface area contributed by atoms with Crippen LogP contribution in [-0.2, 0) is 4.79 Å². The third kappa shape index (κ3) is 4.37. The zero-order valence-electron chi connectivity index (χ0n) is 7.42. The summed E-state index contributed by atoms with van der Waals surface area (Å²) in [6.45, 7) is 7.87. The van der Waals surface area contributed by atoms with E-state index < -0.39 is 0 Å². The Morgan fingerprint density at radius 1 is 1.64 bits per heavy atom. The van der Waals surface area contributed by atoms with Gasteiger partial charge in [-0.05, 0) is 12.5 Å². The zero-order chi connectivity index (χ0) is 8.85. The van der Waals surface area contributed by atoms with Gasteiger partial charge < -0.3 is 4.90 Å². The van der Waals surface area contributed by atoms with Crippen LogP contribution in [0.1, 0.15) is 13.8 Å². The van der Waals surface area contributed by atoms with Gasteiger partial charge in [0.25, 0.3) is 0 Å². The van der Waals surface area contributed by atoms with E-state index in [0.29, 0.717) is 6.54 Å². The smallest absolute Gasteiger partial charge is 0.219 e. The van der Waals surface area contributed by atoms with Crippen molar-refractivity contribution in [3.05, 3.63) is 24.3 Å². The second-order valence-electron chi connectivity index (χ2n) is 2.53. The number of amides is 1. The van der Waals surface area contributed by atoms with Crippen molar-refractivity contribution < 1.29 is 4.79 Å². The van der Waals surface area contributed by atoms with Gasteiger partial charge in [0, 0.05) is 20.5 Å². The highest BCUT2D eigenvalue weighted by Gasteiger charge is 2.00. The number of likely N-dealkylation sites (N-methyl/N-ethyl adjacent to an activating group) is 1. The standard InChI is InChI=1S/C9H15NO/c1-5-6-8(2)7-10(4)9(3)11/h5-6H,2,7H2,1,3-4H3/b6-5-. The van der Waals surface area contributed by atoms with Crippen molar-refractivity contribution >= 4 is 5.91 Å². The maximum Gasteiger partial charge on any atom is 0.219 e. The third-order valence-corrected chi connectivity index (χ3v) is 1.38. The lowest BCUT2D eigenvalue weighted by atomic mass is 10.2. The molecule has 0 aliphatic heterocycles. The van der Waals surface area contributed by atoms with Gasteiger partial charge in [0.2, 0.25) is 5.91 Å². The zero-order valence-corrected chi connectivity index (χ0v) is 7.42. The molecule has 0 radical (unpaired) electrons. The van der Waals surface area contributed by atoms with Crippen LogP contribution < -0.4 is 0 Å². The Morgan fingerprint density at radius 3 is 2.55 bits per heavy atom. The highest BCUT2D eigenvalue weighted by atomic mass is 16.2. The molecule has 2 heteroatoms. The minimum absolute atomic E-state index is 0.0654. The van der Waals surface area contributed by atoms with E-state index in [1.807, 2.05) is 19.1 Å². The molecule has 0 unspecified atom stereocenters. The van der Waals surface area contributed by atoms with E-state index in [2.05, 4.69) is 6.58 Å². The first-order valence-corrected chi connectivity index (χ1v) is 3.60. The SMILES string of the molecule is C=C(/C=C\C)CN(C)C(C)=O. The molecule has 0 saturated heterocycles. The molecule has 0 aromatic carbocycles.